The fourth-order valence-corrected chi connectivity index (χ4v) is 8.95. The molecule has 4 aliphatic rings. The van der Waals surface area contributed by atoms with Gasteiger partial charge >= 0.3 is 0 Å². The van der Waals surface area contributed by atoms with Crippen molar-refractivity contribution in [2.75, 3.05) is 36.8 Å². The second-order valence-electron chi connectivity index (χ2n) is 14.4. The summed E-state index contributed by atoms with van der Waals surface area (Å²) in [6.07, 6.45) is 5.01. The number of hydrogen-bond acceptors (Lipinski definition) is 8. The summed E-state index contributed by atoms with van der Waals surface area (Å²) in [6.45, 7) is 4.50. The van der Waals surface area contributed by atoms with E-state index in [1.165, 1.54) is 11.3 Å². The van der Waals surface area contributed by atoms with Crippen LogP contribution in [0.5, 0.6) is 0 Å². The molecular formula is C38H40N8O4. The normalized spacial score (nSPS) is 21.1. The highest BCUT2D eigenvalue weighted by molar-refractivity contribution is 6.05. The number of piperidine rings is 3. The first-order valence-corrected chi connectivity index (χ1v) is 17.7. The van der Waals surface area contributed by atoms with E-state index in [4.69, 9.17) is 5.73 Å². The first kappa shape index (κ1) is 30.8. The lowest BCUT2D eigenvalue weighted by Gasteiger charge is -2.42. The first-order valence-electron chi connectivity index (χ1n) is 17.7. The predicted octanol–water partition coefficient (Wildman–Crippen LogP) is 3.53. The SMILES string of the molecule is Cn1c2cc(N3CCC(N4CCC(c5ccc6c(c5)CN(C5CCC(=O)NC5=O)C6=O)CC4)CC3)ccc2n2c3cccc(N)c3c(=O)nc12. The predicted molar refractivity (Wildman–Crippen MR) is 191 cm³/mol. The van der Waals surface area contributed by atoms with Crippen LogP contribution in [0.4, 0.5) is 11.4 Å². The van der Waals surface area contributed by atoms with Gasteiger partial charge in [-0.25, -0.2) is 0 Å². The molecule has 3 fully saturated rings. The lowest BCUT2D eigenvalue weighted by molar-refractivity contribution is -0.136. The van der Waals surface area contributed by atoms with Crippen LogP contribution in [0.15, 0.2) is 59.4 Å². The summed E-state index contributed by atoms with van der Waals surface area (Å²) in [7, 11) is 1.96. The molecule has 6 heterocycles. The summed E-state index contributed by atoms with van der Waals surface area (Å²) in [5.74, 6) is 0.288. The highest BCUT2D eigenvalue weighted by atomic mass is 16.2. The average molecular weight is 673 g/mol. The third-order valence-corrected chi connectivity index (χ3v) is 11.7. The van der Waals surface area contributed by atoms with Gasteiger partial charge in [-0.1, -0.05) is 18.2 Å². The van der Waals surface area contributed by atoms with Gasteiger partial charge in [0.1, 0.15) is 6.04 Å². The molecule has 3 amide bonds. The second kappa shape index (κ2) is 11.7. The van der Waals surface area contributed by atoms with Gasteiger partial charge < -0.3 is 25.0 Å². The number of hydrogen-bond donors (Lipinski definition) is 2. The van der Waals surface area contributed by atoms with Crippen LogP contribution in [0.2, 0.25) is 0 Å². The molecule has 3 saturated heterocycles. The summed E-state index contributed by atoms with van der Waals surface area (Å²) in [4.78, 5) is 61.3. The molecule has 1 atom stereocenters. The van der Waals surface area contributed by atoms with Crippen LogP contribution in [0.25, 0.3) is 27.7 Å². The summed E-state index contributed by atoms with van der Waals surface area (Å²) in [5, 5.41) is 2.84. The fraction of sp³-hybridized carbons (Fsp3) is 0.395. The van der Waals surface area contributed by atoms with E-state index < -0.39 is 6.04 Å². The van der Waals surface area contributed by atoms with Gasteiger partial charge in [0, 0.05) is 56.1 Å². The molecule has 3 aromatic carbocycles. The Morgan fingerprint density at radius 3 is 2.42 bits per heavy atom. The van der Waals surface area contributed by atoms with Gasteiger partial charge in [0.25, 0.3) is 11.5 Å². The summed E-state index contributed by atoms with van der Waals surface area (Å²) in [6, 6.07) is 18.2. The number of nitrogens with two attached hydrogens (primary N) is 1. The van der Waals surface area contributed by atoms with Crippen LogP contribution in [0.3, 0.4) is 0 Å². The topological polar surface area (TPSA) is 138 Å². The van der Waals surface area contributed by atoms with Gasteiger partial charge in [0.2, 0.25) is 17.6 Å². The molecule has 1 unspecified atom stereocenters. The maximum absolute atomic E-state index is 13.1. The minimum Gasteiger partial charge on any atom is -0.398 e. The Morgan fingerprint density at radius 1 is 0.840 bits per heavy atom. The van der Waals surface area contributed by atoms with Crippen molar-refractivity contribution in [1.29, 1.82) is 0 Å². The van der Waals surface area contributed by atoms with Crippen molar-refractivity contribution in [3.63, 3.8) is 0 Å². The molecule has 12 heteroatoms. The Hall–Kier alpha value is -5.23. The number of nitrogens with one attached hydrogen (secondary N) is 1. The number of nitrogens with zero attached hydrogens (tertiary/aromatic N) is 6. The molecule has 0 spiro atoms. The molecule has 0 bridgehead atoms. The molecule has 0 aliphatic carbocycles. The number of carbonyl (C=O) groups is 3. The number of aromatic nitrogens is 3. The number of imidazole rings is 1. The monoisotopic (exact) mass is 672 g/mol. The molecule has 2 aromatic heterocycles. The van der Waals surface area contributed by atoms with Crippen LogP contribution < -0.4 is 21.5 Å². The standard InChI is InChI=1S/C38H40N8O4/c1-42-32-20-26(6-8-29(32)46-30-4-2-3-28(39)34(30)36(49)41-38(42)46)44-17-13-25(14-18-44)43-15-11-22(12-16-43)23-5-7-27-24(19-23)21-45(37(27)50)31-9-10-33(47)40-35(31)48/h2-8,19-20,22,25,31H,9-18,21,39H2,1H3,(H,40,47,48). The third kappa shape index (κ3) is 4.87. The fourth-order valence-electron chi connectivity index (χ4n) is 8.95. The lowest BCUT2D eigenvalue weighted by atomic mass is 9.86. The number of nitrogen functional groups attached to an aromatic ring is 1. The van der Waals surface area contributed by atoms with Crippen molar-refractivity contribution in [1.82, 2.24) is 29.1 Å². The zero-order valence-electron chi connectivity index (χ0n) is 28.1. The Kier molecular flexibility index (Phi) is 7.20. The van der Waals surface area contributed by atoms with E-state index in [1.807, 2.05) is 34.2 Å². The number of imide groups is 1. The Bertz CT molecular complexity index is 2290. The molecule has 9 rings (SSSR count). The summed E-state index contributed by atoms with van der Waals surface area (Å²) in [5.41, 5.74) is 13.2. The molecule has 3 N–H and O–H groups in total. The highest BCUT2D eigenvalue weighted by Crippen LogP contribution is 2.36. The van der Waals surface area contributed by atoms with Crippen LogP contribution in [-0.2, 0) is 23.2 Å². The molecule has 50 heavy (non-hydrogen) atoms. The highest BCUT2D eigenvalue weighted by Gasteiger charge is 2.39. The number of rotatable bonds is 4. The largest absolute Gasteiger partial charge is 0.398 e. The number of fused-ring (bicyclic) bond motifs is 6. The molecule has 5 aromatic rings. The van der Waals surface area contributed by atoms with Crippen LogP contribution >= 0.6 is 0 Å². The van der Waals surface area contributed by atoms with Gasteiger partial charge in [0.15, 0.2) is 0 Å². The van der Waals surface area contributed by atoms with Crippen LogP contribution in [0.1, 0.15) is 65.9 Å². The number of aryl methyl sites for hydroxylation is 1. The van der Waals surface area contributed by atoms with E-state index in [1.54, 1.807) is 11.0 Å². The van der Waals surface area contributed by atoms with E-state index in [9.17, 15) is 19.2 Å². The van der Waals surface area contributed by atoms with Gasteiger partial charge in [-0.15, -0.1) is 0 Å². The molecule has 4 aliphatic heterocycles. The van der Waals surface area contributed by atoms with Crippen molar-refractivity contribution in [2.24, 2.45) is 7.05 Å². The van der Waals surface area contributed by atoms with Gasteiger partial charge in [-0.2, -0.15) is 4.98 Å². The van der Waals surface area contributed by atoms with Gasteiger partial charge in [0.05, 0.1) is 21.9 Å². The van der Waals surface area contributed by atoms with Crippen molar-refractivity contribution in [3.05, 3.63) is 81.6 Å². The van der Waals surface area contributed by atoms with Gasteiger partial charge in [-0.3, -0.25) is 28.9 Å². The number of anilines is 2. The summed E-state index contributed by atoms with van der Waals surface area (Å²) < 4.78 is 4.02. The molecule has 0 saturated carbocycles. The molecule has 0 radical (unpaired) electrons. The number of amides is 3. The Balaban J connectivity index is 0.845. The van der Waals surface area contributed by atoms with Crippen molar-refractivity contribution < 1.29 is 14.4 Å². The zero-order valence-corrected chi connectivity index (χ0v) is 28.1. The smallest absolute Gasteiger partial charge is 0.284 e. The average Bonchev–Trinajstić information content (AvgIpc) is 3.60. The van der Waals surface area contributed by atoms with Crippen molar-refractivity contribution in [2.45, 2.75) is 63.1 Å². The van der Waals surface area contributed by atoms with Crippen LogP contribution in [0, 0.1) is 0 Å². The van der Waals surface area contributed by atoms with Gasteiger partial charge in [-0.05, 0) is 98.6 Å². The minimum absolute atomic E-state index is 0.118. The van der Waals surface area contributed by atoms with Crippen LogP contribution in [-0.4, -0.2) is 79.7 Å². The van der Waals surface area contributed by atoms with E-state index in [0.717, 1.165) is 74.0 Å². The van der Waals surface area contributed by atoms with Crippen molar-refractivity contribution in [3.8, 4) is 0 Å². The molecular weight excluding hydrogens is 632 g/mol. The Labute approximate surface area is 288 Å². The van der Waals surface area contributed by atoms with E-state index in [2.05, 4.69) is 50.4 Å². The molecule has 12 nitrogen and oxygen atoms in total. The Morgan fingerprint density at radius 2 is 1.64 bits per heavy atom. The maximum atomic E-state index is 13.1. The third-order valence-electron chi connectivity index (χ3n) is 11.7. The minimum atomic E-state index is -0.586. The number of likely N-dealkylation sites (tertiary alicyclic amines) is 1. The quantitative estimate of drug-likeness (QED) is 0.219. The zero-order chi connectivity index (χ0) is 34.3. The van der Waals surface area contributed by atoms with E-state index in [0.29, 0.717) is 47.3 Å². The second-order valence-corrected chi connectivity index (χ2v) is 14.4. The number of carbonyl (C=O) groups excluding carboxylic acids is 3. The van der Waals surface area contributed by atoms with E-state index in [-0.39, 0.29) is 29.7 Å². The molecule has 256 valence electrons. The van der Waals surface area contributed by atoms with E-state index >= 15 is 0 Å². The maximum Gasteiger partial charge on any atom is 0.284 e. The lowest BCUT2D eigenvalue weighted by Crippen LogP contribution is -2.52. The first-order chi connectivity index (χ1) is 24.2. The summed E-state index contributed by atoms with van der Waals surface area (Å²) >= 11 is 0. The number of benzene rings is 3. The van der Waals surface area contributed by atoms with Crippen molar-refractivity contribution >= 4 is 56.8 Å².